The van der Waals surface area contributed by atoms with E-state index in [-0.39, 0.29) is 5.78 Å². The molecule has 1 atom stereocenters. The molecule has 2 aliphatic heterocycles. The number of nitrogens with one attached hydrogen (secondary N) is 1. The predicted molar refractivity (Wildman–Crippen MR) is 73.2 cm³/mol. The molecule has 2 fully saturated rings. The van der Waals surface area contributed by atoms with E-state index in [1.807, 2.05) is 12.1 Å². The molecule has 0 radical (unpaired) electrons. The second-order valence-corrected chi connectivity index (χ2v) is 5.70. The van der Waals surface area contributed by atoms with E-state index in [2.05, 4.69) is 22.3 Å². The van der Waals surface area contributed by atoms with Gasteiger partial charge >= 0.3 is 0 Å². The minimum atomic E-state index is 0.138. The first-order chi connectivity index (χ1) is 8.69. The van der Waals surface area contributed by atoms with Gasteiger partial charge in [0.25, 0.3) is 0 Å². The fourth-order valence-electron chi connectivity index (χ4n) is 3.21. The van der Waals surface area contributed by atoms with Crippen LogP contribution in [0.3, 0.4) is 0 Å². The van der Waals surface area contributed by atoms with Crippen LogP contribution in [-0.2, 0) is 0 Å². The molecule has 0 aromatic heterocycles. The first kappa shape index (κ1) is 11.7. The standard InChI is InChI=1S/C15H20N2O/c1-12(18)13-2-4-14(5-3-13)17-9-7-15(11-17)6-8-16-10-15/h2-5,16H,6-11H2,1H3. The summed E-state index contributed by atoms with van der Waals surface area (Å²) < 4.78 is 0. The summed E-state index contributed by atoms with van der Waals surface area (Å²) in [5, 5.41) is 3.48. The highest BCUT2D eigenvalue weighted by molar-refractivity contribution is 5.94. The molecule has 3 heteroatoms. The van der Waals surface area contributed by atoms with Crippen molar-refractivity contribution in [3.63, 3.8) is 0 Å². The van der Waals surface area contributed by atoms with E-state index in [0.717, 1.165) is 31.7 Å². The van der Waals surface area contributed by atoms with Crippen molar-refractivity contribution in [2.24, 2.45) is 5.41 Å². The molecule has 2 saturated heterocycles. The van der Waals surface area contributed by atoms with Crippen molar-refractivity contribution >= 4 is 11.5 Å². The lowest BCUT2D eigenvalue weighted by Crippen LogP contribution is -2.29. The Morgan fingerprint density at radius 2 is 2.06 bits per heavy atom. The van der Waals surface area contributed by atoms with Crippen molar-refractivity contribution in [2.45, 2.75) is 19.8 Å². The maximum Gasteiger partial charge on any atom is 0.159 e. The summed E-state index contributed by atoms with van der Waals surface area (Å²) in [6, 6.07) is 8.04. The van der Waals surface area contributed by atoms with Crippen LogP contribution in [0.4, 0.5) is 5.69 Å². The van der Waals surface area contributed by atoms with E-state index in [0.29, 0.717) is 5.41 Å². The molecule has 18 heavy (non-hydrogen) atoms. The largest absolute Gasteiger partial charge is 0.371 e. The van der Waals surface area contributed by atoms with Gasteiger partial charge in [-0.1, -0.05) is 0 Å². The molecule has 2 heterocycles. The molecular formula is C15H20N2O. The van der Waals surface area contributed by atoms with Crippen LogP contribution < -0.4 is 10.2 Å². The van der Waals surface area contributed by atoms with Crippen LogP contribution in [-0.4, -0.2) is 32.0 Å². The zero-order chi connectivity index (χ0) is 12.6. The Balaban J connectivity index is 1.74. The molecule has 0 aliphatic carbocycles. The highest BCUT2D eigenvalue weighted by Crippen LogP contribution is 2.38. The highest BCUT2D eigenvalue weighted by Gasteiger charge is 2.40. The third-order valence-corrected chi connectivity index (χ3v) is 4.41. The van der Waals surface area contributed by atoms with Crippen LogP contribution in [0.1, 0.15) is 30.1 Å². The fraction of sp³-hybridized carbons (Fsp3) is 0.533. The minimum absolute atomic E-state index is 0.138. The molecule has 2 aliphatic rings. The SMILES string of the molecule is CC(=O)c1ccc(N2CCC3(CCNC3)C2)cc1. The van der Waals surface area contributed by atoms with Gasteiger partial charge in [-0.05, 0) is 50.6 Å². The summed E-state index contributed by atoms with van der Waals surface area (Å²) in [5.74, 6) is 0.138. The number of carbonyl (C=O) groups excluding carboxylic acids is 1. The number of rotatable bonds is 2. The summed E-state index contributed by atoms with van der Waals surface area (Å²) in [5.41, 5.74) is 2.55. The zero-order valence-corrected chi connectivity index (χ0v) is 10.9. The Bertz CT molecular complexity index is 446. The average Bonchev–Trinajstić information content (AvgIpc) is 3.01. The van der Waals surface area contributed by atoms with Gasteiger partial charge < -0.3 is 10.2 Å². The maximum atomic E-state index is 11.3. The van der Waals surface area contributed by atoms with Gasteiger partial charge in [0.1, 0.15) is 0 Å². The summed E-state index contributed by atoms with van der Waals surface area (Å²) >= 11 is 0. The predicted octanol–water partition coefficient (Wildman–Crippen LogP) is 2.08. The van der Waals surface area contributed by atoms with Crippen molar-refractivity contribution < 1.29 is 4.79 Å². The maximum absolute atomic E-state index is 11.3. The molecule has 0 saturated carbocycles. The fourth-order valence-corrected chi connectivity index (χ4v) is 3.21. The average molecular weight is 244 g/mol. The van der Waals surface area contributed by atoms with Gasteiger partial charge in [0, 0.05) is 36.3 Å². The van der Waals surface area contributed by atoms with Gasteiger partial charge in [-0.25, -0.2) is 0 Å². The molecule has 1 N–H and O–H groups in total. The van der Waals surface area contributed by atoms with Gasteiger partial charge in [-0.3, -0.25) is 4.79 Å². The number of hydrogen-bond donors (Lipinski definition) is 1. The third-order valence-electron chi connectivity index (χ3n) is 4.41. The van der Waals surface area contributed by atoms with E-state index in [1.165, 1.54) is 18.5 Å². The Morgan fingerprint density at radius 3 is 2.67 bits per heavy atom. The van der Waals surface area contributed by atoms with Crippen molar-refractivity contribution in [1.82, 2.24) is 5.32 Å². The molecule has 96 valence electrons. The van der Waals surface area contributed by atoms with Crippen LogP contribution in [0.15, 0.2) is 24.3 Å². The Hall–Kier alpha value is -1.35. The quantitative estimate of drug-likeness (QED) is 0.808. The van der Waals surface area contributed by atoms with Crippen molar-refractivity contribution in [3.8, 4) is 0 Å². The van der Waals surface area contributed by atoms with Crippen LogP contribution in [0.25, 0.3) is 0 Å². The van der Waals surface area contributed by atoms with Gasteiger partial charge in [0.15, 0.2) is 5.78 Å². The van der Waals surface area contributed by atoms with Crippen LogP contribution in [0, 0.1) is 5.41 Å². The van der Waals surface area contributed by atoms with Crippen LogP contribution >= 0.6 is 0 Å². The number of carbonyl (C=O) groups is 1. The van der Waals surface area contributed by atoms with E-state index < -0.39 is 0 Å². The lowest BCUT2D eigenvalue weighted by Gasteiger charge is -2.24. The summed E-state index contributed by atoms with van der Waals surface area (Å²) in [6.07, 6.45) is 2.59. The van der Waals surface area contributed by atoms with Gasteiger partial charge in [-0.2, -0.15) is 0 Å². The molecule has 1 unspecified atom stereocenters. The lowest BCUT2D eigenvalue weighted by molar-refractivity contribution is 0.101. The highest BCUT2D eigenvalue weighted by atomic mass is 16.1. The summed E-state index contributed by atoms with van der Waals surface area (Å²) in [6.45, 7) is 6.23. The first-order valence-electron chi connectivity index (χ1n) is 6.75. The number of nitrogens with zero attached hydrogens (tertiary/aromatic N) is 1. The van der Waals surface area contributed by atoms with Gasteiger partial charge in [0.2, 0.25) is 0 Å². The van der Waals surface area contributed by atoms with E-state index in [1.54, 1.807) is 6.92 Å². The Morgan fingerprint density at radius 1 is 1.28 bits per heavy atom. The summed E-state index contributed by atoms with van der Waals surface area (Å²) in [4.78, 5) is 13.7. The monoisotopic (exact) mass is 244 g/mol. The topological polar surface area (TPSA) is 32.3 Å². The third kappa shape index (κ3) is 2.03. The molecule has 0 bridgehead atoms. The van der Waals surface area contributed by atoms with E-state index in [9.17, 15) is 4.79 Å². The molecule has 3 nitrogen and oxygen atoms in total. The Labute approximate surface area is 108 Å². The molecule has 1 aromatic carbocycles. The van der Waals surface area contributed by atoms with E-state index in [4.69, 9.17) is 0 Å². The van der Waals surface area contributed by atoms with Crippen LogP contribution in [0.5, 0.6) is 0 Å². The number of hydrogen-bond acceptors (Lipinski definition) is 3. The molecular weight excluding hydrogens is 224 g/mol. The number of ketones is 1. The Kier molecular flexibility index (Phi) is 2.86. The van der Waals surface area contributed by atoms with Crippen molar-refractivity contribution in [1.29, 1.82) is 0 Å². The van der Waals surface area contributed by atoms with Crippen molar-refractivity contribution in [2.75, 3.05) is 31.1 Å². The smallest absolute Gasteiger partial charge is 0.159 e. The normalized spacial score (nSPS) is 27.1. The van der Waals surface area contributed by atoms with Crippen molar-refractivity contribution in [3.05, 3.63) is 29.8 Å². The van der Waals surface area contributed by atoms with E-state index >= 15 is 0 Å². The molecule has 1 aromatic rings. The first-order valence-corrected chi connectivity index (χ1v) is 6.75. The second kappa shape index (κ2) is 4.39. The second-order valence-electron chi connectivity index (χ2n) is 5.70. The summed E-state index contributed by atoms with van der Waals surface area (Å²) in [7, 11) is 0. The minimum Gasteiger partial charge on any atom is -0.371 e. The zero-order valence-electron chi connectivity index (χ0n) is 10.9. The number of Topliss-reactive ketones (excluding diaryl/α,β-unsaturated/α-hetero) is 1. The molecule has 1 spiro atoms. The number of anilines is 1. The molecule has 3 rings (SSSR count). The number of benzene rings is 1. The molecule has 0 amide bonds. The van der Waals surface area contributed by atoms with Gasteiger partial charge in [0.05, 0.1) is 0 Å². The van der Waals surface area contributed by atoms with Gasteiger partial charge in [-0.15, -0.1) is 0 Å². The van der Waals surface area contributed by atoms with Crippen LogP contribution in [0.2, 0.25) is 0 Å². The lowest BCUT2D eigenvalue weighted by atomic mass is 9.86.